The topological polar surface area (TPSA) is 113 Å². The van der Waals surface area contributed by atoms with Crippen LogP contribution in [0.5, 0.6) is 0 Å². The molecule has 9 heteroatoms. The molecule has 0 aliphatic carbocycles. The Kier molecular flexibility index (Phi) is 5.48. The number of rotatable bonds is 4. The van der Waals surface area contributed by atoms with Gasteiger partial charge in [-0.2, -0.15) is 5.01 Å². The van der Waals surface area contributed by atoms with Crippen LogP contribution in [0.3, 0.4) is 0 Å². The molecule has 28 heavy (non-hydrogen) atoms. The first kappa shape index (κ1) is 20.0. The minimum absolute atomic E-state index is 0.131. The molecule has 2 heterocycles. The van der Waals surface area contributed by atoms with Crippen LogP contribution in [-0.4, -0.2) is 56.8 Å². The van der Waals surface area contributed by atoms with Gasteiger partial charge in [-0.1, -0.05) is 11.1 Å². The molecule has 1 fully saturated rings. The van der Waals surface area contributed by atoms with Crippen LogP contribution in [0.2, 0.25) is 0 Å². The molecule has 2 aliphatic heterocycles. The van der Waals surface area contributed by atoms with Crippen molar-refractivity contribution in [3.8, 4) is 0 Å². The molecule has 9 nitrogen and oxygen atoms in total. The van der Waals surface area contributed by atoms with E-state index in [4.69, 9.17) is 4.74 Å². The maximum atomic E-state index is 13.1. The highest BCUT2D eigenvalue weighted by molar-refractivity contribution is 5.95. The third-order valence-electron chi connectivity index (χ3n) is 5.37. The zero-order valence-corrected chi connectivity index (χ0v) is 16.0. The molecular formula is C19H23N3O6. The van der Waals surface area contributed by atoms with Gasteiger partial charge in [0.2, 0.25) is 0 Å². The normalized spacial score (nSPS) is 24.9. The predicted molar refractivity (Wildman–Crippen MR) is 98.9 cm³/mol. The lowest BCUT2D eigenvalue weighted by Gasteiger charge is -2.41. The average molecular weight is 389 g/mol. The van der Waals surface area contributed by atoms with Crippen LogP contribution in [0.25, 0.3) is 0 Å². The van der Waals surface area contributed by atoms with Crippen LogP contribution >= 0.6 is 0 Å². The van der Waals surface area contributed by atoms with Crippen LogP contribution in [0.1, 0.15) is 44.0 Å². The van der Waals surface area contributed by atoms with E-state index in [0.717, 1.165) is 11.1 Å². The number of esters is 1. The van der Waals surface area contributed by atoms with Gasteiger partial charge < -0.3 is 9.84 Å². The van der Waals surface area contributed by atoms with Crippen molar-refractivity contribution in [3.05, 3.63) is 51.1 Å². The van der Waals surface area contributed by atoms with Gasteiger partial charge >= 0.3 is 5.97 Å². The predicted octanol–water partition coefficient (Wildman–Crippen LogP) is 2.02. The fourth-order valence-electron chi connectivity index (χ4n) is 3.81. The molecule has 1 amide bonds. The number of aliphatic hydroxyl groups excluding tert-OH is 1. The Morgan fingerprint density at radius 2 is 1.93 bits per heavy atom. The number of amides is 1. The van der Waals surface area contributed by atoms with E-state index < -0.39 is 29.1 Å². The quantitative estimate of drug-likeness (QED) is 0.363. The number of ether oxygens (including phenoxy) is 1. The van der Waals surface area contributed by atoms with Crippen molar-refractivity contribution in [1.29, 1.82) is 0 Å². The second-order valence-electron chi connectivity index (χ2n) is 7.00. The summed E-state index contributed by atoms with van der Waals surface area (Å²) in [5, 5.41) is 24.2. The third-order valence-corrected chi connectivity index (χ3v) is 5.37. The van der Waals surface area contributed by atoms with Gasteiger partial charge in [-0.3, -0.25) is 19.7 Å². The largest absolute Gasteiger partial charge is 0.465 e. The Labute approximate surface area is 162 Å². The lowest BCUT2D eigenvalue weighted by atomic mass is 9.90. The Morgan fingerprint density at radius 1 is 1.29 bits per heavy atom. The summed E-state index contributed by atoms with van der Waals surface area (Å²) in [6, 6.07) is 4.16. The summed E-state index contributed by atoms with van der Waals surface area (Å²) >= 11 is 0. The van der Waals surface area contributed by atoms with E-state index in [-0.39, 0.29) is 30.3 Å². The molecule has 2 aliphatic rings. The van der Waals surface area contributed by atoms with E-state index >= 15 is 0 Å². The molecule has 0 spiro atoms. The number of nitro benzene ring substituents is 1. The van der Waals surface area contributed by atoms with Crippen LogP contribution in [0.15, 0.2) is 35.4 Å². The molecule has 0 bridgehead atoms. The lowest BCUT2D eigenvalue weighted by Crippen LogP contribution is -2.57. The van der Waals surface area contributed by atoms with Crippen LogP contribution in [0, 0.1) is 10.1 Å². The number of hydrogen-bond donors (Lipinski definition) is 1. The van der Waals surface area contributed by atoms with Gasteiger partial charge in [-0.05, 0) is 39.3 Å². The fourth-order valence-corrected chi connectivity index (χ4v) is 3.81. The number of carbonyl (C=O) groups is 2. The first-order valence-electron chi connectivity index (χ1n) is 9.13. The second-order valence-corrected chi connectivity index (χ2v) is 7.00. The van der Waals surface area contributed by atoms with Crippen LogP contribution in [-0.2, 0) is 9.53 Å². The van der Waals surface area contributed by atoms with E-state index in [0.29, 0.717) is 6.42 Å². The highest BCUT2D eigenvalue weighted by atomic mass is 16.6. The van der Waals surface area contributed by atoms with Gasteiger partial charge in [0.25, 0.3) is 11.6 Å². The number of fused-ring (bicyclic) bond motifs is 1. The van der Waals surface area contributed by atoms with E-state index in [1.807, 2.05) is 13.8 Å². The number of benzene rings is 1. The molecule has 150 valence electrons. The van der Waals surface area contributed by atoms with Gasteiger partial charge in [-0.15, -0.1) is 0 Å². The van der Waals surface area contributed by atoms with Gasteiger partial charge in [0.1, 0.15) is 12.3 Å². The molecule has 0 saturated carbocycles. The number of carbonyl (C=O) groups excluding carboxylic acids is 2. The fraction of sp³-hybridized carbons (Fsp3) is 0.474. The lowest BCUT2D eigenvalue weighted by molar-refractivity contribution is -0.384. The van der Waals surface area contributed by atoms with Crippen LogP contribution in [0.4, 0.5) is 5.69 Å². The van der Waals surface area contributed by atoms with Gasteiger partial charge in [-0.25, -0.2) is 5.01 Å². The molecule has 1 saturated heterocycles. The van der Waals surface area contributed by atoms with Gasteiger partial charge in [0, 0.05) is 24.1 Å². The molecule has 1 N–H and O–H groups in total. The van der Waals surface area contributed by atoms with Crippen molar-refractivity contribution in [2.45, 2.75) is 51.9 Å². The Bertz CT molecular complexity index is 835. The molecule has 1 aromatic carbocycles. The number of hydrazine groups is 1. The summed E-state index contributed by atoms with van der Waals surface area (Å²) in [5.41, 5.74) is 2.11. The third kappa shape index (κ3) is 3.38. The summed E-state index contributed by atoms with van der Waals surface area (Å²) in [7, 11) is 0. The Hall–Kier alpha value is -2.78. The molecule has 0 aromatic heterocycles. The maximum Gasteiger partial charge on any atom is 0.325 e. The zero-order valence-electron chi connectivity index (χ0n) is 16.0. The smallest absolute Gasteiger partial charge is 0.325 e. The van der Waals surface area contributed by atoms with Crippen molar-refractivity contribution >= 4 is 17.6 Å². The van der Waals surface area contributed by atoms with Crippen LogP contribution < -0.4 is 0 Å². The number of nitrogens with zero attached hydrogens (tertiary/aromatic N) is 3. The number of hydrogen-bond acceptors (Lipinski definition) is 7. The van der Waals surface area contributed by atoms with Crippen molar-refractivity contribution in [3.63, 3.8) is 0 Å². The Balaban J connectivity index is 1.96. The van der Waals surface area contributed by atoms with E-state index in [1.54, 1.807) is 11.9 Å². The van der Waals surface area contributed by atoms with Crippen molar-refractivity contribution in [2.75, 3.05) is 6.61 Å². The van der Waals surface area contributed by atoms with Crippen molar-refractivity contribution in [2.24, 2.45) is 0 Å². The minimum atomic E-state index is -1.11. The first-order valence-corrected chi connectivity index (χ1v) is 9.13. The van der Waals surface area contributed by atoms with E-state index in [2.05, 4.69) is 0 Å². The van der Waals surface area contributed by atoms with E-state index in [1.165, 1.54) is 29.3 Å². The van der Waals surface area contributed by atoms with Crippen molar-refractivity contribution in [1.82, 2.24) is 10.0 Å². The van der Waals surface area contributed by atoms with Gasteiger partial charge in [0.15, 0.2) is 0 Å². The summed E-state index contributed by atoms with van der Waals surface area (Å²) in [5.74, 6) is -0.971. The Morgan fingerprint density at radius 3 is 2.50 bits per heavy atom. The monoisotopic (exact) mass is 389 g/mol. The summed E-state index contributed by atoms with van der Waals surface area (Å²) in [6.45, 7) is 5.80. The first-order chi connectivity index (χ1) is 13.3. The van der Waals surface area contributed by atoms with Crippen molar-refractivity contribution < 1.29 is 24.4 Å². The molecule has 0 radical (unpaired) electrons. The molecule has 1 aromatic rings. The molecule has 3 atom stereocenters. The summed E-state index contributed by atoms with van der Waals surface area (Å²) in [4.78, 5) is 35.9. The average Bonchev–Trinajstić information content (AvgIpc) is 3.01. The summed E-state index contributed by atoms with van der Waals surface area (Å²) in [6.07, 6.45) is -0.430. The molecule has 3 rings (SSSR count). The number of nitro groups is 1. The minimum Gasteiger partial charge on any atom is -0.465 e. The molecular weight excluding hydrogens is 366 g/mol. The number of non-ortho nitro benzene ring substituents is 1. The van der Waals surface area contributed by atoms with E-state index in [9.17, 15) is 24.8 Å². The zero-order chi connectivity index (χ0) is 20.6. The summed E-state index contributed by atoms with van der Waals surface area (Å²) < 4.78 is 5.19. The standard InChI is InChI=1S/C19H23N3O6/c1-4-28-19(25)16-9-11(2)12(3)15-10-17(23)21(20(15)16)18(24)13-5-7-14(8-6-13)22(26)27/h5-8,15-17,23H,4,9-10H2,1-3H3/t15-,16+,17-/m1/s1. The highest BCUT2D eigenvalue weighted by Gasteiger charge is 2.50. The van der Waals surface area contributed by atoms with Gasteiger partial charge in [0.05, 0.1) is 17.6 Å². The second kappa shape index (κ2) is 7.69. The maximum absolute atomic E-state index is 13.1. The number of aliphatic hydroxyl groups is 1. The molecule has 0 unspecified atom stereocenters. The SMILES string of the molecule is CCOC(=O)[C@@H]1CC(C)=C(C)[C@H]2C[C@@H](O)N(C(=O)c3ccc([N+](=O)[O-])cc3)N21. The highest BCUT2D eigenvalue weighted by Crippen LogP contribution is 2.39.